The van der Waals surface area contributed by atoms with Crippen LogP contribution in [0.1, 0.15) is 17.5 Å². The summed E-state index contributed by atoms with van der Waals surface area (Å²) in [6, 6.07) is 12.9. The van der Waals surface area contributed by atoms with Crippen molar-refractivity contribution >= 4 is 17.6 Å². The number of carboxylic acid groups (broad SMARTS) is 1. The van der Waals surface area contributed by atoms with Gasteiger partial charge in [0.25, 0.3) is 0 Å². The summed E-state index contributed by atoms with van der Waals surface area (Å²) in [5.74, 6) is 0.399. The van der Waals surface area contributed by atoms with Crippen LogP contribution in [0, 0.1) is 0 Å². The summed E-state index contributed by atoms with van der Waals surface area (Å²) < 4.78 is 11.1. The number of aryl methyl sites for hydroxylation is 1. The summed E-state index contributed by atoms with van der Waals surface area (Å²) in [7, 11) is 1.56. The fourth-order valence-corrected chi connectivity index (χ4v) is 2.11. The average Bonchev–Trinajstić information content (AvgIpc) is 2.52. The molecule has 116 valence electrons. The molecule has 0 heterocycles. The molecule has 0 aliphatic rings. The molecule has 4 nitrogen and oxygen atoms in total. The molecule has 2 aromatic rings. The minimum atomic E-state index is -0.818. The van der Waals surface area contributed by atoms with Gasteiger partial charge in [-0.15, -0.1) is 0 Å². The number of benzene rings is 2. The third-order valence-electron chi connectivity index (χ3n) is 3.16. The third-order valence-corrected chi connectivity index (χ3v) is 3.42. The van der Waals surface area contributed by atoms with Gasteiger partial charge in [-0.2, -0.15) is 0 Å². The summed E-state index contributed by atoms with van der Waals surface area (Å²) in [6.07, 6.45) is 0.553. The van der Waals surface area contributed by atoms with E-state index in [0.29, 0.717) is 29.5 Å². The predicted octanol–water partition coefficient (Wildman–Crippen LogP) is 3.94. The molecule has 0 aromatic heterocycles. The second kappa shape index (κ2) is 7.71. The topological polar surface area (TPSA) is 55.8 Å². The lowest BCUT2D eigenvalue weighted by atomic mass is 10.1. The summed E-state index contributed by atoms with van der Waals surface area (Å²) in [5.41, 5.74) is 1.90. The molecule has 2 aromatic carbocycles. The van der Waals surface area contributed by atoms with Crippen molar-refractivity contribution < 1.29 is 19.4 Å². The molecule has 0 spiro atoms. The van der Waals surface area contributed by atoms with E-state index in [0.717, 1.165) is 11.1 Å². The Balaban J connectivity index is 2.03. The first-order valence-corrected chi connectivity index (χ1v) is 7.22. The molecule has 0 aliphatic heterocycles. The zero-order valence-corrected chi connectivity index (χ0v) is 13.0. The van der Waals surface area contributed by atoms with Gasteiger partial charge in [-0.05, 0) is 41.8 Å². The Morgan fingerprint density at radius 1 is 1.09 bits per heavy atom. The molecular formula is C17H17ClO4. The standard InChI is InChI=1S/C17H17ClO4/c1-21-16-10-12(5-9-17(19)20)4-8-15(16)22-11-13-2-6-14(18)7-3-13/h2-4,6-8,10H,5,9,11H2,1H3,(H,19,20). The van der Waals surface area contributed by atoms with E-state index in [1.54, 1.807) is 19.2 Å². The second-order valence-corrected chi connectivity index (χ2v) is 5.23. The normalized spacial score (nSPS) is 10.3. The SMILES string of the molecule is COc1cc(CCC(=O)O)ccc1OCc1ccc(Cl)cc1. The van der Waals surface area contributed by atoms with Crippen LogP contribution < -0.4 is 9.47 Å². The predicted molar refractivity (Wildman–Crippen MR) is 84.7 cm³/mol. The van der Waals surface area contributed by atoms with Crippen LogP contribution in [0.2, 0.25) is 5.02 Å². The average molecular weight is 321 g/mol. The van der Waals surface area contributed by atoms with Crippen LogP contribution in [0.25, 0.3) is 0 Å². The molecule has 1 N–H and O–H groups in total. The third kappa shape index (κ3) is 4.67. The van der Waals surface area contributed by atoms with Crippen molar-refractivity contribution in [3.05, 3.63) is 58.6 Å². The highest BCUT2D eigenvalue weighted by molar-refractivity contribution is 6.30. The van der Waals surface area contributed by atoms with E-state index in [-0.39, 0.29) is 6.42 Å². The van der Waals surface area contributed by atoms with E-state index in [4.69, 9.17) is 26.2 Å². The van der Waals surface area contributed by atoms with E-state index in [9.17, 15) is 4.79 Å². The Morgan fingerprint density at radius 3 is 2.41 bits per heavy atom. The highest BCUT2D eigenvalue weighted by Crippen LogP contribution is 2.29. The molecule has 0 fully saturated rings. The van der Waals surface area contributed by atoms with E-state index in [1.807, 2.05) is 30.3 Å². The number of methoxy groups -OCH3 is 1. The number of rotatable bonds is 7. The van der Waals surface area contributed by atoms with Gasteiger partial charge >= 0.3 is 5.97 Å². The van der Waals surface area contributed by atoms with Gasteiger partial charge in [0, 0.05) is 11.4 Å². The van der Waals surface area contributed by atoms with Crippen LogP contribution in [0.4, 0.5) is 0 Å². The minimum Gasteiger partial charge on any atom is -0.493 e. The van der Waals surface area contributed by atoms with Gasteiger partial charge in [0.15, 0.2) is 11.5 Å². The van der Waals surface area contributed by atoms with Gasteiger partial charge < -0.3 is 14.6 Å². The Bertz CT molecular complexity index is 638. The monoisotopic (exact) mass is 320 g/mol. The molecule has 5 heteroatoms. The smallest absolute Gasteiger partial charge is 0.303 e. The Labute approximate surface area is 134 Å². The van der Waals surface area contributed by atoms with Crippen LogP contribution >= 0.6 is 11.6 Å². The van der Waals surface area contributed by atoms with Crippen molar-refractivity contribution in [3.8, 4) is 11.5 Å². The lowest BCUT2D eigenvalue weighted by Gasteiger charge is -2.12. The maximum Gasteiger partial charge on any atom is 0.303 e. The highest BCUT2D eigenvalue weighted by Gasteiger charge is 2.07. The Morgan fingerprint density at radius 2 is 1.77 bits per heavy atom. The fourth-order valence-electron chi connectivity index (χ4n) is 1.98. The molecular weight excluding hydrogens is 304 g/mol. The molecule has 0 atom stereocenters. The largest absolute Gasteiger partial charge is 0.493 e. The van der Waals surface area contributed by atoms with Crippen molar-refractivity contribution in [1.29, 1.82) is 0 Å². The summed E-state index contributed by atoms with van der Waals surface area (Å²) >= 11 is 5.84. The molecule has 0 unspecified atom stereocenters. The van der Waals surface area contributed by atoms with E-state index in [2.05, 4.69) is 0 Å². The maximum absolute atomic E-state index is 10.6. The van der Waals surface area contributed by atoms with Crippen LogP contribution in [-0.2, 0) is 17.8 Å². The van der Waals surface area contributed by atoms with Crippen LogP contribution in [0.3, 0.4) is 0 Å². The van der Waals surface area contributed by atoms with Gasteiger partial charge in [0.05, 0.1) is 7.11 Å². The molecule has 22 heavy (non-hydrogen) atoms. The summed E-state index contributed by atoms with van der Waals surface area (Å²) in [6.45, 7) is 0.405. The van der Waals surface area contributed by atoms with Crippen molar-refractivity contribution in [2.24, 2.45) is 0 Å². The summed E-state index contributed by atoms with van der Waals surface area (Å²) in [5, 5.41) is 9.40. The van der Waals surface area contributed by atoms with Crippen LogP contribution in [-0.4, -0.2) is 18.2 Å². The zero-order valence-electron chi connectivity index (χ0n) is 12.2. The first-order chi connectivity index (χ1) is 10.6. The Kier molecular flexibility index (Phi) is 5.67. The van der Waals surface area contributed by atoms with E-state index >= 15 is 0 Å². The molecule has 0 aliphatic carbocycles. The van der Waals surface area contributed by atoms with E-state index in [1.165, 1.54) is 0 Å². The molecule has 2 rings (SSSR count). The maximum atomic E-state index is 10.6. The summed E-state index contributed by atoms with van der Waals surface area (Å²) in [4.78, 5) is 10.6. The quantitative estimate of drug-likeness (QED) is 0.839. The number of hydrogen-bond acceptors (Lipinski definition) is 3. The highest BCUT2D eigenvalue weighted by atomic mass is 35.5. The number of hydrogen-bond donors (Lipinski definition) is 1. The first-order valence-electron chi connectivity index (χ1n) is 6.84. The van der Waals surface area contributed by atoms with Crippen molar-refractivity contribution in [1.82, 2.24) is 0 Å². The zero-order chi connectivity index (χ0) is 15.9. The van der Waals surface area contributed by atoms with E-state index < -0.39 is 5.97 Å². The number of carbonyl (C=O) groups is 1. The molecule has 0 bridgehead atoms. The first kappa shape index (κ1) is 16.2. The van der Waals surface area contributed by atoms with Crippen molar-refractivity contribution in [3.63, 3.8) is 0 Å². The minimum absolute atomic E-state index is 0.0914. The molecule has 0 amide bonds. The fraction of sp³-hybridized carbons (Fsp3) is 0.235. The number of carboxylic acids is 1. The lowest BCUT2D eigenvalue weighted by Crippen LogP contribution is -2.00. The number of aliphatic carboxylic acids is 1. The number of halogens is 1. The lowest BCUT2D eigenvalue weighted by molar-refractivity contribution is -0.136. The van der Waals surface area contributed by atoms with Gasteiger partial charge in [0.2, 0.25) is 0 Å². The second-order valence-electron chi connectivity index (χ2n) is 4.79. The molecule has 0 saturated carbocycles. The van der Waals surface area contributed by atoms with Crippen molar-refractivity contribution in [2.75, 3.05) is 7.11 Å². The van der Waals surface area contributed by atoms with Crippen molar-refractivity contribution in [2.45, 2.75) is 19.4 Å². The van der Waals surface area contributed by atoms with Gasteiger partial charge in [-0.1, -0.05) is 29.8 Å². The molecule has 0 saturated heterocycles. The number of ether oxygens (including phenoxy) is 2. The molecule has 0 radical (unpaired) electrons. The van der Waals surface area contributed by atoms with Gasteiger partial charge in [0.1, 0.15) is 6.61 Å². The van der Waals surface area contributed by atoms with Crippen LogP contribution in [0.15, 0.2) is 42.5 Å². The Hall–Kier alpha value is -2.20. The van der Waals surface area contributed by atoms with Gasteiger partial charge in [-0.3, -0.25) is 4.79 Å². The van der Waals surface area contributed by atoms with Gasteiger partial charge in [-0.25, -0.2) is 0 Å². The van der Waals surface area contributed by atoms with Crippen LogP contribution in [0.5, 0.6) is 11.5 Å².